The van der Waals surface area contributed by atoms with E-state index in [1.165, 1.54) is 7.11 Å². The normalized spacial score (nSPS) is 12.7. The molecule has 0 aliphatic heterocycles. The summed E-state index contributed by atoms with van der Waals surface area (Å²) < 4.78 is 19.2. The molecule has 1 atom stereocenters. The van der Waals surface area contributed by atoms with Crippen LogP contribution >= 0.6 is 0 Å². The summed E-state index contributed by atoms with van der Waals surface area (Å²) in [5.41, 5.74) is 0.730. The molecule has 0 saturated heterocycles. The number of hydrogen-bond acceptors (Lipinski definition) is 2. The molecule has 0 aliphatic carbocycles. The smallest absolute Gasteiger partial charge is 0.168 e. The van der Waals surface area contributed by atoms with Crippen LogP contribution in [0.25, 0.3) is 0 Å². The predicted molar refractivity (Wildman–Crippen MR) is 78.2 cm³/mol. The third-order valence-electron chi connectivity index (χ3n) is 3.17. The van der Waals surface area contributed by atoms with Crippen LogP contribution in [0.2, 0.25) is 0 Å². The SMILES string of the molecule is CCCNC(Cc1cccc(OC)c1F)CC(C)C. The van der Waals surface area contributed by atoms with Crippen molar-refractivity contribution in [2.75, 3.05) is 13.7 Å². The topological polar surface area (TPSA) is 21.3 Å². The van der Waals surface area contributed by atoms with E-state index >= 15 is 0 Å². The minimum atomic E-state index is -0.225. The summed E-state index contributed by atoms with van der Waals surface area (Å²) in [5, 5.41) is 3.51. The van der Waals surface area contributed by atoms with Crippen molar-refractivity contribution in [1.29, 1.82) is 0 Å². The Bertz CT molecular complexity index is 379. The summed E-state index contributed by atoms with van der Waals surface area (Å²) in [5.74, 6) is 0.705. The molecule has 1 aromatic rings. The van der Waals surface area contributed by atoms with E-state index in [-0.39, 0.29) is 5.82 Å². The molecule has 0 spiro atoms. The van der Waals surface area contributed by atoms with Crippen molar-refractivity contribution >= 4 is 0 Å². The van der Waals surface area contributed by atoms with E-state index < -0.39 is 0 Å². The van der Waals surface area contributed by atoms with Crippen molar-refractivity contribution in [3.05, 3.63) is 29.6 Å². The molecule has 0 radical (unpaired) electrons. The molecule has 0 heterocycles. The van der Waals surface area contributed by atoms with Crippen LogP contribution in [0.15, 0.2) is 18.2 Å². The lowest BCUT2D eigenvalue weighted by Crippen LogP contribution is -2.33. The molecule has 0 aromatic heterocycles. The quantitative estimate of drug-likeness (QED) is 0.773. The van der Waals surface area contributed by atoms with Crippen molar-refractivity contribution in [1.82, 2.24) is 5.32 Å². The number of methoxy groups -OCH3 is 1. The first kappa shape index (κ1) is 16.0. The molecular formula is C16H26FNO. The van der Waals surface area contributed by atoms with Crippen molar-refractivity contribution in [2.24, 2.45) is 5.92 Å². The van der Waals surface area contributed by atoms with Crippen LogP contribution in [-0.4, -0.2) is 19.7 Å². The standard InChI is InChI=1S/C16H26FNO/c1-5-9-18-14(10-12(2)3)11-13-7-6-8-15(19-4)16(13)17/h6-8,12,14,18H,5,9-11H2,1-4H3. The molecule has 0 amide bonds. The second-order valence-corrected chi connectivity index (χ2v) is 5.42. The average molecular weight is 267 g/mol. The molecule has 1 aromatic carbocycles. The number of rotatable bonds is 8. The Kier molecular flexibility index (Phi) is 6.85. The fourth-order valence-electron chi connectivity index (χ4n) is 2.29. The second-order valence-electron chi connectivity index (χ2n) is 5.42. The zero-order valence-electron chi connectivity index (χ0n) is 12.5. The maximum Gasteiger partial charge on any atom is 0.168 e. The van der Waals surface area contributed by atoms with Crippen LogP contribution in [0, 0.1) is 11.7 Å². The Morgan fingerprint density at radius 1 is 1.32 bits per heavy atom. The molecule has 1 rings (SSSR count). The summed E-state index contributed by atoms with van der Waals surface area (Å²) in [7, 11) is 1.50. The highest BCUT2D eigenvalue weighted by Crippen LogP contribution is 2.22. The van der Waals surface area contributed by atoms with Gasteiger partial charge >= 0.3 is 0 Å². The zero-order valence-corrected chi connectivity index (χ0v) is 12.5. The van der Waals surface area contributed by atoms with Crippen molar-refractivity contribution in [2.45, 2.75) is 46.1 Å². The monoisotopic (exact) mass is 267 g/mol. The summed E-state index contributed by atoms with van der Waals surface area (Å²) in [6.07, 6.45) is 2.85. The van der Waals surface area contributed by atoms with Gasteiger partial charge < -0.3 is 10.1 Å². The molecular weight excluding hydrogens is 241 g/mol. The lowest BCUT2D eigenvalue weighted by atomic mass is 9.96. The van der Waals surface area contributed by atoms with Crippen molar-refractivity contribution in [3.8, 4) is 5.75 Å². The van der Waals surface area contributed by atoms with Crippen LogP contribution in [0.3, 0.4) is 0 Å². The molecule has 19 heavy (non-hydrogen) atoms. The van der Waals surface area contributed by atoms with E-state index in [4.69, 9.17) is 4.74 Å². The highest BCUT2D eigenvalue weighted by molar-refractivity contribution is 5.31. The van der Waals surface area contributed by atoms with E-state index in [9.17, 15) is 4.39 Å². The van der Waals surface area contributed by atoms with Gasteiger partial charge in [-0.1, -0.05) is 32.9 Å². The van der Waals surface area contributed by atoms with Crippen LogP contribution in [0.4, 0.5) is 4.39 Å². The van der Waals surface area contributed by atoms with E-state index in [0.29, 0.717) is 24.1 Å². The van der Waals surface area contributed by atoms with Gasteiger partial charge in [0.15, 0.2) is 11.6 Å². The average Bonchev–Trinajstić information content (AvgIpc) is 2.37. The molecule has 0 aliphatic rings. The number of ether oxygens (including phenoxy) is 1. The predicted octanol–water partition coefficient (Wildman–Crippen LogP) is 3.79. The van der Waals surface area contributed by atoms with Gasteiger partial charge in [0.05, 0.1) is 7.11 Å². The lowest BCUT2D eigenvalue weighted by molar-refractivity contribution is 0.377. The largest absolute Gasteiger partial charge is 0.494 e. The molecule has 0 fully saturated rings. The highest BCUT2D eigenvalue weighted by Gasteiger charge is 2.15. The zero-order chi connectivity index (χ0) is 14.3. The molecule has 1 N–H and O–H groups in total. The van der Waals surface area contributed by atoms with E-state index in [1.807, 2.05) is 12.1 Å². The number of halogens is 1. The Labute approximate surface area is 116 Å². The Hall–Kier alpha value is -1.09. The van der Waals surface area contributed by atoms with E-state index in [1.54, 1.807) is 6.07 Å². The van der Waals surface area contributed by atoms with Gasteiger partial charge in [0.25, 0.3) is 0 Å². The molecule has 2 nitrogen and oxygen atoms in total. The van der Waals surface area contributed by atoms with E-state index in [0.717, 1.165) is 24.9 Å². The number of nitrogens with one attached hydrogen (secondary N) is 1. The third kappa shape index (κ3) is 5.19. The third-order valence-corrected chi connectivity index (χ3v) is 3.17. The molecule has 1 unspecified atom stereocenters. The molecule has 0 bridgehead atoms. The Balaban J connectivity index is 2.77. The highest BCUT2D eigenvalue weighted by atomic mass is 19.1. The van der Waals surface area contributed by atoms with Gasteiger partial charge in [-0.05, 0) is 43.4 Å². The minimum Gasteiger partial charge on any atom is -0.494 e. The number of benzene rings is 1. The maximum atomic E-state index is 14.1. The van der Waals surface area contributed by atoms with Gasteiger partial charge in [0.2, 0.25) is 0 Å². The van der Waals surface area contributed by atoms with Gasteiger partial charge in [-0.25, -0.2) is 4.39 Å². The fourth-order valence-corrected chi connectivity index (χ4v) is 2.29. The van der Waals surface area contributed by atoms with Gasteiger partial charge in [0, 0.05) is 6.04 Å². The van der Waals surface area contributed by atoms with Gasteiger partial charge in [-0.2, -0.15) is 0 Å². The summed E-state index contributed by atoms with van der Waals surface area (Å²) in [4.78, 5) is 0. The van der Waals surface area contributed by atoms with Crippen LogP contribution in [-0.2, 0) is 6.42 Å². The Morgan fingerprint density at radius 2 is 2.05 bits per heavy atom. The summed E-state index contributed by atoms with van der Waals surface area (Å²) in [6, 6.07) is 5.68. The second kappa shape index (κ2) is 8.16. The first-order valence-electron chi connectivity index (χ1n) is 7.13. The van der Waals surface area contributed by atoms with Crippen LogP contribution < -0.4 is 10.1 Å². The summed E-state index contributed by atoms with van der Waals surface area (Å²) in [6.45, 7) is 7.51. The first-order chi connectivity index (χ1) is 9.08. The minimum absolute atomic E-state index is 0.225. The summed E-state index contributed by atoms with van der Waals surface area (Å²) >= 11 is 0. The molecule has 3 heteroatoms. The fraction of sp³-hybridized carbons (Fsp3) is 0.625. The molecule has 108 valence electrons. The number of hydrogen-bond donors (Lipinski definition) is 1. The van der Waals surface area contributed by atoms with Gasteiger partial charge in [0.1, 0.15) is 0 Å². The van der Waals surface area contributed by atoms with Gasteiger partial charge in [-0.15, -0.1) is 0 Å². The Morgan fingerprint density at radius 3 is 2.63 bits per heavy atom. The first-order valence-corrected chi connectivity index (χ1v) is 7.13. The maximum absolute atomic E-state index is 14.1. The molecule has 0 saturated carbocycles. The van der Waals surface area contributed by atoms with Crippen LogP contribution in [0.5, 0.6) is 5.75 Å². The van der Waals surface area contributed by atoms with E-state index in [2.05, 4.69) is 26.1 Å². The van der Waals surface area contributed by atoms with Crippen molar-refractivity contribution < 1.29 is 9.13 Å². The lowest BCUT2D eigenvalue weighted by Gasteiger charge is -2.21. The van der Waals surface area contributed by atoms with Crippen LogP contribution in [0.1, 0.15) is 39.2 Å². The van der Waals surface area contributed by atoms with Crippen molar-refractivity contribution in [3.63, 3.8) is 0 Å². The van der Waals surface area contributed by atoms with Gasteiger partial charge in [-0.3, -0.25) is 0 Å².